The lowest BCUT2D eigenvalue weighted by molar-refractivity contribution is -0.154. The summed E-state index contributed by atoms with van der Waals surface area (Å²) >= 11 is 0. The van der Waals surface area contributed by atoms with Crippen molar-refractivity contribution in [3.05, 3.63) is 65.5 Å². The Labute approximate surface area is 194 Å². The van der Waals surface area contributed by atoms with Gasteiger partial charge in [-0.15, -0.1) is 0 Å². The number of amides is 1. The van der Waals surface area contributed by atoms with Gasteiger partial charge in [0.1, 0.15) is 12.4 Å². The molecule has 2 N–H and O–H groups in total. The largest absolute Gasteiger partial charge is 0.463 e. The number of halogens is 1. The van der Waals surface area contributed by atoms with Crippen LogP contribution in [0.25, 0.3) is 0 Å². The Morgan fingerprint density at radius 1 is 1.09 bits per heavy atom. The molecule has 0 aliphatic rings. The number of benzene rings is 2. The van der Waals surface area contributed by atoms with Crippen LogP contribution in [0.2, 0.25) is 0 Å². The highest BCUT2D eigenvalue weighted by Crippen LogP contribution is 2.23. The van der Waals surface area contributed by atoms with Gasteiger partial charge in [0.15, 0.2) is 0 Å². The molecular formula is C24H31FN2O5S. The molecule has 0 fully saturated rings. The zero-order valence-electron chi connectivity index (χ0n) is 19.5. The molecule has 33 heavy (non-hydrogen) atoms. The SMILES string of the molecule is C[C@@H](C(=O)N[C@H](COC(=O)C(C)(C)C)Cc1ccccc1)c1ccc(NS(C)(=O)=O)c(F)c1. The lowest BCUT2D eigenvalue weighted by Gasteiger charge is -2.24. The van der Waals surface area contributed by atoms with Crippen molar-refractivity contribution in [1.29, 1.82) is 0 Å². The molecule has 0 saturated carbocycles. The fourth-order valence-corrected chi connectivity index (χ4v) is 3.57. The van der Waals surface area contributed by atoms with E-state index in [0.717, 1.165) is 17.9 Å². The highest BCUT2D eigenvalue weighted by atomic mass is 32.2. The Kier molecular flexibility index (Phi) is 8.60. The summed E-state index contributed by atoms with van der Waals surface area (Å²) in [6.45, 7) is 6.86. The summed E-state index contributed by atoms with van der Waals surface area (Å²) in [6.07, 6.45) is 1.37. The molecule has 7 nitrogen and oxygen atoms in total. The smallest absolute Gasteiger partial charge is 0.311 e. The predicted octanol–water partition coefficient (Wildman–Crippen LogP) is 3.62. The molecule has 0 saturated heterocycles. The van der Waals surface area contributed by atoms with Gasteiger partial charge in [0.2, 0.25) is 15.9 Å². The van der Waals surface area contributed by atoms with Crippen molar-refractivity contribution in [2.75, 3.05) is 17.6 Å². The Hall–Kier alpha value is -2.94. The molecule has 9 heteroatoms. The van der Waals surface area contributed by atoms with Crippen LogP contribution in [0.1, 0.15) is 44.7 Å². The minimum Gasteiger partial charge on any atom is -0.463 e. The molecule has 2 rings (SSSR count). The molecule has 0 bridgehead atoms. The maximum Gasteiger partial charge on any atom is 0.311 e. The topological polar surface area (TPSA) is 102 Å². The number of hydrogen-bond acceptors (Lipinski definition) is 5. The van der Waals surface area contributed by atoms with Gasteiger partial charge < -0.3 is 10.1 Å². The molecule has 2 aromatic carbocycles. The standard InChI is InChI=1S/C24H31FN2O5S/c1-16(18-11-12-21(20(25)14-18)27-33(5,30)31)22(28)26-19(13-17-9-7-6-8-10-17)15-32-23(29)24(2,3)4/h6-12,14,16,19,27H,13,15H2,1-5H3,(H,26,28)/t16-,19+/m1/s1. The van der Waals surface area contributed by atoms with Gasteiger partial charge in [0, 0.05) is 0 Å². The minimum atomic E-state index is -3.63. The molecule has 2 aromatic rings. The fraction of sp³-hybridized carbons (Fsp3) is 0.417. The number of rotatable bonds is 9. The van der Waals surface area contributed by atoms with E-state index < -0.39 is 33.2 Å². The van der Waals surface area contributed by atoms with Gasteiger partial charge in [-0.25, -0.2) is 12.8 Å². The van der Waals surface area contributed by atoms with Gasteiger partial charge in [-0.2, -0.15) is 0 Å². The molecule has 0 spiro atoms. The van der Waals surface area contributed by atoms with Crippen LogP contribution in [0.5, 0.6) is 0 Å². The average Bonchev–Trinajstić information content (AvgIpc) is 2.71. The lowest BCUT2D eigenvalue weighted by Crippen LogP contribution is -2.43. The van der Waals surface area contributed by atoms with E-state index in [1.54, 1.807) is 27.7 Å². The highest BCUT2D eigenvalue weighted by molar-refractivity contribution is 7.92. The molecule has 180 valence electrons. The third kappa shape index (κ3) is 8.49. The van der Waals surface area contributed by atoms with E-state index in [0.29, 0.717) is 12.0 Å². The Morgan fingerprint density at radius 3 is 2.27 bits per heavy atom. The van der Waals surface area contributed by atoms with Crippen LogP contribution in [-0.2, 0) is 30.8 Å². The lowest BCUT2D eigenvalue weighted by atomic mass is 9.97. The molecule has 0 radical (unpaired) electrons. The van der Waals surface area contributed by atoms with E-state index in [4.69, 9.17) is 4.74 Å². The van der Waals surface area contributed by atoms with Crippen molar-refractivity contribution < 1.29 is 27.1 Å². The summed E-state index contributed by atoms with van der Waals surface area (Å²) in [5.41, 5.74) is 0.483. The molecule has 2 atom stereocenters. The van der Waals surface area contributed by atoms with Gasteiger partial charge in [-0.3, -0.25) is 14.3 Å². The van der Waals surface area contributed by atoms with E-state index in [-0.39, 0.29) is 24.2 Å². The summed E-state index contributed by atoms with van der Waals surface area (Å²) in [4.78, 5) is 25.1. The number of hydrogen-bond donors (Lipinski definition) is 2. The van der Waals surface area contributed by atoms with Gasteiger partial charge in [-0.05, 0) is 57.4 Å². The van der Waals surface area contributed by atoms with Crippen molar-refractivity contribution in [3.63, 3.8) is 0 Å². The first-order chi connectivity index (χ1) is 15.3. The maximum absolute atomic E-state index is 14.4. The second-order valence-corrected chi connectivity index (χ2v) is 10.8. The summed E-state index contributed by atoms with van der Waals surface area (Å²) in [6, 6.07) is 12.9. The summed E-state index contributed by atoms with van der Waals surface area (Å²) < 4.78 is 44.6. The second kappa shape index (κ2) is 10.8. The Balaban J connectivity index is 2.14. The Bertz CT molecular complexity index is 1080. The number of ether oxygens (including phenoxy) is 1. The molecule has 0 heterocycles. The number of carbonyl (C=O) groups is 2. The van der Waals surface area contributed by atoms with Crippen molar-refractivity contribution in [2.24, 2.45) is 5.41 Å². The van der Waals surface area contributed by atoms with Crippen LogP contribution < -0.4 is 10.0 Å². The van der Waals surface area contributed by atoms with Crippen molar-refractivity contribution in [3.8, 4) is 0 Å². The minimum absolute atomic E-state index is 0.00492. The molecule has 1 amide bonds. The summed E-state index contributed by atoms with van der Waals surface area (Å²) in [7, 11) is -3.63. The average molecular weight is 479 g/mol. The molecule has 0 unspecified atom stereocenters. The monoisotopic (exact) mass is 478 g/mol. The normalized spacial score (nSPS) is 13.6. The zero-order valence-corrected chi connectivity index (χ0v) is 20.3. The first-order valence-electron chi connectivity index (χ1n) is 10.5. The van der Waals surface area contributed by atoms with E-state index in [1.165, 1.54) is 12.1 Å². The van der Waals surface area contributed by atoms with Crippen molar-refractivity contribution >= 4 is 27.6 Å². The van der Waals surface area contributed by atoms with Gasteiger partial charge in [0.05, 0.1) is 29.3 Å². The zero-order chi connectivity index (χ0) is 24.8. The van der Waals surface area contributed by atoms with Crippen molar-refractivity contribution in [2.45, 2.75) is 46.1 Å². The number of esters is 1. The number of carbonyl (C=O) groups excluding carboxylic acids is 2. The van der Waals surface area contributed by atoms with Crippen LogP contribution in [0.4, 0.5) is 10.1 Å². The molecule has 0 aliphatic carbocycles. The first-order valence-corrected chi connectivity index (χ1v) is 12.4. The fourth-order valence-electron chi connectivity index (χ4n) is 3.00. The van der Waals surface area contributed by atoms with Crippen LogP contribution in [0, 0.1) is 11.2 Å². The molecule has 0 aliphatic heterocycles. The van der Waals surface area contributed by atoms with Gasteiger partial charge in [0.25, 0.3) is 0 Å². The van der Waals surface area contributed by atoms with Gasteiger partial charge >= 0.3 is 5.97 Å². The Morgan fingerprint density at radius 2 is 1.73 bits per heavy atom. The van der Waals surface area contributed by atoms with Gasteiger partial charge in [-0.1, -0.05) is 36.4 Å². The van der Waals surface area contributed by atoms with Crippen LogP contribution in [0.15, 0.2) is 48.5 Å². The second-order valence-electron chi connectivity index (χ2n) is 9.08. The van der Waals surface area contributed by atoms with Crippen LogP contribution >= 0.6 is 0 Å². The third-order valence-corrected chi connectivity index (χ3v) is 5.47. The predicted molar refractivity (Wildman–Crippen MR) is 126 cm³/mol. The van der Waals surface area contributed by atoms with E-state index in [9.17, 15) is 22.4 Å². The van der Waals surface area contributed by atoms with Crippen molar-refractivity contribution in [1.82, 2.24) is 5.32 Å². The first kappa shape index (κ1) is 26.3. The molecular weight excluding hydrogens is 447 g/mol. The molecule has 0 aromatic heterocycles. The van der Waals surface area contributed by atoms with E-state index >= 15 is 0 Å². The number of sulfonamides is 1. The van der Waals surface area contributed by atoms with Crippen LogP contribution in [0.3, 0.4) is 0 Å². The number of nitrogens with one attached hydrogen (secondary N) is 2. The quantitative estimate of drug-likeness (QED) is 0.536. The third-order valence-electron chi connectivity index (χ3n) is 4.88. The van der Waals surface area contributed by atoms with E-state index in [1.807, 2.05) is 30.3 Å². The highest BCUT2D eigenvalue weighted by Gasteiger charge is 2.26. The number of anilines is 1. The maximum atomic E-state index is 14.4. The summed E-state index contributed by atoms with van der Waals surface area (Å²) in [5, 5.41) is 2.89. The summed E-state index contributed by atoms with van der Waals surface area (Å²) in [5.74, 6) is -2.24. The van der Waals surface area contributed by atoms with E-state index in [2.05, 4.69) is 10.0 Å². The van der Waals surface area contributed by atoms with Crippen LogP contribution in [-0.4, -0.2) is 39.2 Å².